The van der Waals surface area contributed by atoms with E-state index in [4.69, 9.17) is 20.2 Å². The number of nitrogens with two attached hydrogens (primary N) is 1. The molecule has 1 unspecified atom stereocenters. The van der Waals surface area contributed by atoms with Crippen LogP contribution in [0.2, 0.25) is 0 Å². The van der Waals surface area contributed by atoms with E-state index >= 15 is 0 Å². The van der Waals surface area contributed by atoms with Crippen LogP contribution >= 0.6 is 0 Å². The van der Waals surface area contributed by atoms with Crippen LogP contribution in [-0.4, -0.2) is 18.6 Å². The first-order valence-electron chi connectivity index (χ1n) is 7.50. The second kappa shape index (κ2) is 9.74. The fourth-order valence-corrected chi connectivity index (χ4v) is 1.87. The highest BCUT2D eigenvalue weighted by Gasteiger charge is 2.15. The molecular weight excluding hydrogens is 294 g/mol. The van der Waals surface area contributed by atoms with Crippen LogP contribution in [0.15, 0.2) is 60.7 Å². The van der Waals surface area contributed by atoms with E-state index in [0.29, 0.717) is 13.0 Å². The van der Waals surface area contributed by atoms with Crippen LogP contribution in [0.1, 0.15) is 17.5 Å². The van der Waals surface area contributed by atoms with Gasteiger partial charge < -0.3 is 10.5 Å². The molecule has 0 saturated carbocycles. The summed E-state index contributed by atoms with van der Waals surface area (Å²) in [7, 11) is 0. The normalized spacial score (nSPS) is 11.9. The Morgan fingerprint density at radius 1 is 0.870 bits per heavy atom. The standard InChI is InChI=1S/C18H21NO4/c19-17(18(20)21-13-15-7-3-1-4-8-15)11-12-22-23-14-16-9-5-2-6-10-16/h1-10,17H,11-14,19H2. The van der Waals surface area contributed by atoms with Crippen LogP contribution in [-0.2, 0) is 32.5 Å². The zero-order chi connectivity index (χ0) is 16.3. The summed E-state index contributed by atoms with van der Waals surface area (Å²) >= 11 is 0. The second-order valence-electron chi connectivity index (χ2n) is 5.06. The van der Waals surface area contributed by atoms with Crippen molar-refractivity contribution in [1.82, 2.24) is 0 Å². The van der Waals surface area contributed by atoms with Crippen molar-refractivity contribution < 1.29 is 19.3 Å². The second-order valence-corrected chi connectivity index (χ2v) is 5.06. The van der Waals surface area contributed by atoms with Gasteiger partial charge in [-0.2, -0.15) is 0 Å². The minimum atomic E-state index is -0.723. The average Bonchev–Trinajstić information content (AvgIpc) is 2.61. The van der Waals surface area contributed by atoms with Crippen LogP contribution in [0.25, 0.3) is 0 Å². The number of hydrogen-bond donors (Lipinski definition) is 1. The molecule has 0 amide bonds. The third kappa shape index (κ3) is 6.61. The van der Waals surface area contributed by atoms with Crippen molar-refractivity contribution in [1.29, 1.82) is 0 Å². The number of carbonyl (C=O) groups is 1. The van der Waals surface area contributed by atoms with Gasteiger partial charge in [-0.3, -0.25) is 4.79 Å². The van der Waals surface area contributed by atoms with E-state index in [0.717, 1.165) is 11.1 Å². The van der Waals surface area contributed by atoms with E-state index in [1.807, 2.05) is 60.7 Å². The molecule has 5 nitrogen and oxygen atoms in total. The highest BCUT2D eigenvalue weighted by atomic mass is 17.2. The molecule has 0 fully saturated rings. The highest BCUT2D eigenvalue weighted by Crippen LogP contribution is 2.04. The van der Waals surface area contributed by atoms with Gasteiger partial charge in [-0.15, -0.1) is 0 Å². The van der Waals surface area contributed by atoms with E-state index < -0.39 is 12.0 Å². The Kier molecular flexibility index (Phi) is 7.26. The number of esters is 1. The minimum Gasteiger partial charge on any atom is -0.460 e. The van der Waals surface area contributed by atoms with Crippen molar-refractivity contribution in [2.75, 3.05) is 6.61 Å². The van der Waals surface area contributed by atoms with Crippen molar-refractivity contribution in [2.45, 2.75) is 25.7 Å². The Bertz CT molecular complexity index is 574. The molecule has 1 atom stereocenters. The predicted molar refractivity (Wildman–Crippen MR) is 86.0 cm³/mol. The van der Waals surface area contributed by atoms with Crippen LogP contribution in [0.3, 0.4) is 0 Å². The van der Waals surface area contributed by atoms with Gasteiger partial charge in [-0.1, -0.05) is 60.7 Å². The molecule has 0 heterocycles. The molecule has 0 saturated heterocycles. The number of carbonyl (C=O) groups excluding carboxylic acids is 1. The smallest absolute Gasteiger partial charge is 0.323 e. The summed E-state index contributed by atoms with van der Waals surface area (Å²) in [6, 6.07) is 18.4. The topological polar surface area (TPSA) is 70.8 Å². The number of benzene rings is 2. The monoisotopic (exact) mass is 315 g/mol. The van der Waals surface area contributed by atoms with Gasteiger partial charge in [0.1, 0.15) is 19.3 Å². The van der Waals surface area contributed by atoms with Crippen LogP contribution in [0.4, 0.5) is 0 Å². The largest absolute Gasteiger partial charge is 0.460 e. The molecule has 122 valence electrons. The van der Waals surface area contributed by atoms with E-state index in [9.17, 15) is 4.79 Å². The molecule has 0 aliphatic carbocycles. The summed E-state index contributed by atoms with van der Waals surface area (Å²) in [4.78, 5) is 21.9. The molecule has 0 aliphatic heterocycles. The maximum atomic E-state index is 11.8. The zero-order valence-electron chi connectivity index (χ0n) is 12.9. The highest BCUT2D eigenvalue weighted by molar-refractivity contribution is 5.75. The van der Waals surface area contributed by atoms with Gasteiger partial charge in [-0.05, 0) is 17.5 Å². The fraction of sp³-hybridized carbons (Fsp3) is 0.278. The quantitative estimate of drug-likeness (QED) is 0.333. The molecule has 0 aromatic heterocycles. The minimum absolute atomic E-state index is 0.221. The Morgan fingerprint density at radius 2 is 1.43 bits per heavy atom. The van der Waals surface area contributed by atoms with Gasteiger partial charge in [-0.25, -0.2) is 9.78 Å². The number of hydrogen-bond acceptors (Lipinski definition) is 5. The Morgan fingerprint density at radius 3 is 2.04 bits per heavy atom. The van der Waals surface area contributed by atoms with E-state index in [2.05, 4.69) is 0 Å². The fourth-order valence-electron chi connectivity index (χ4n) is 1.87. The molecule has 2 aromatic rings. The van der Waals surface area contributed by atoms with Crippen LogP contribution in [0.5, 0.6) is 0 Å². The van der Waals surface area contributed by atoms with Crippen LogP contribution in [0, 0.1) is 0 Å². The lowest BCUT2D eigenvalue weighted by Crippen LogP contribution is -2.33. The summed E-state index contributed by atoms with van der Waals surface area (Å²) in [6.07, 6.45) is 0.336. The van der Waals surface area contributed by atoms with Crippen molar-refractivity contribution >= 4 is 5.97 Å². The number of ether oxygens (including phenoxy) is 1. The van der Waals surface area contributed by atoms with Gasteiger partial charge in [0.25, 0.3) is 0 Å². The summed E-state index contributed by atoms with van der Waals surface area (Å²) in [5.74, 6) is -0.444. The van der Waals surface area contributed by atoms with E-state index in [1.54, 1.807) is 0 Å². The predicted octanol–water partition coefficient (Wildman–Crippen LogP) is 2.60. The summed E-state index contributed by atoms with van der Waals surface area (Å²) in [5, 5.41) is 0. The SMILES string of the molecule is NC(CCOOCc1ccccc1)C(=O)OCc1ccccc1. The van der Waals surface area contributed by atoms with Gasteiger partial charge >= 0.3 is 5.97 Å². The first-order chi connectivity index (χ1) is 11.3. The van der Waals surface area contributed by atoms with E-state index in [-0.39, 0.29) is 13.2 Å². The molecule has 0 spiro atoms. The molecule has 2 rings (SSSR count). The Hall–Kier alpha value is -2.21. The Labute approximate surface area is 135 Å². The van der Waals surface area contributed by atoms with Crippen LogP contribution < -0.4 is 5.73 Å². The van der Waals surface area contributed by atoms with Crippen molar-refractivity contribution in [3.63, 3.8) is 0 Å². The molecule has 23 heavy (non-hydrogen) atoms. The summed E-state index contributed by atoms with van der Waals surface area (Å²) < 4.78 is 5.16. The van der Waals surface area contributed by atoms with Gasteiger partial charge in [0.05, 0.1) is 6.61 Å². The Balaban J connectivity index is 1.57. The maximum Gasteiger partial charge on any atom is 0.323 e. The maximum absolute atomic E-state index is 11.8. The third-order valence-corrected chi connectivity index (χ3v) is 3.19. The average molecular weight is 315 g/mol. The van der Waals surface area contributed by atoms with Crippen molar-refractivity contribution in [3.8, 4) is 0 Å². The lowest BCUT2D eigenvalue weighted by molar-refractivity contribution is -0.304. The van der Waals surface area contributed by atoms with Gasteiger partial charge in [0.15, 0.2) is 0 Å². The summed E-state index contributed by atoms with van der Waals surface area (Å²) in [5.41, 5.74) is 7.70. The molecule has 0 aliphatic rings. The molecular formula is C18H21NO4. The first-order valence-corrected chi connectivity index (χ1v) is 7.50. The molecule has 5 heteroatoms. The van der Waals surface area contributed by atoms with E-state index in [1.165, 1.54) is 0 Å². The molecule has 2 aromatic carbocycles. The summed E-state index contributed by atoms with van der Waals surface area (Å²) in [6.45, 7) is 0.807. The van der Waals surface area contributed by atoms with Crippen molar-refractivity contribution in [3.05, 3.63) is 71.8 Å². The first kappa shape index (κ1) is 17.1. The lowest BCUT2D eigenvalue weighted by Gasteiger charge is -2.11. The number of rotatable bonds is 9. The van der Waals surface area contributed by atoms with Crippen molar-refractivity contribution in [2.24, 2.45) is 5.73 Å². The lowest BCUT2D eigenvalue weighted by atomic mass is 10.2. The molecule has 0 bridgehead atoms. The zero-order valence-corrected chi connectivity index (χ0v) is 12.9. The third-order valence-electron chi connectivity index (χ3n) is 3.19. The molecule has 2 N–H and O–H groups in total. The molecule has 0 radical (unpaired) electrons. The van der Waals surface area contributed by atoms with Gasteiger partial charge in [0.2, 0.25) is 0 Å². The van der Waals surface area contributed by atoms with Gasteiger partial charge in [0, 0.05) is 0 Å².